The van der Waals surface area contributed by atoms with E-state index in [9.17, 15) is 18.4 Å². The van der Waals surface area contributed by atoms with Crippen LogP contribution in [-0.2, 0) is 0 Å². The van der Waals surface area contributed by atoms with Crippen LogP contribution >= 0.6 is 0 Å². The van der Waals surface area contributed by atoms with E-state index < -0.39 is 17.5 Å². The highest BCUT2D eigenvalue weighted by Crippen LogP contribution is 2.17. The third-order valence-corrected chi connectivity index (χ3v) is 4.43. The van der Waals surface area contributed by atoms with Gasteiger partial charge < -0.3 is 14.5 Å². The van der Waals surface area contributed by atoms with E-state index in [0.29, 0.717) is 50.2 Å². The predicted molar refractivity (Wildman–Crippen MR) is 95.8 cm³/mol. The Hall–Kier alpha value is -2.96. The smallest absolute Gasteiger partial charge is 0.256 e. The normalized spacial score (nSPS) is 14.2. The molecule has 5 nitrogen and oxygen atoms in total. The summed E-state index contributed by atoms with van der Waals surface area (Å²) in [4.78, 5) is 28.1. The molecule has 0 aromatic heterocycles. The largest absolute Gasteiger partial charge is 0.494 e. The maximum absolute atomic E-state index is 13.8. The molecule has 1 aliphatic heterocycles. The molecule has 1 heterocycles. The van der Waals surface area contributed by atoms with Crippen molar-refractivity contribution in [3.8, 4) is 5.75 Å². The van der Waals surface area contributed by atoms with E-state index in [1.807, 2.05) is 6.92 Å². The van der Waals surface area contributed by atoms with Crippen LogP contribution in [-0.4, -0.2) is 54.4 Å². The van der Waals surface area contributed by atoms with Gasteiger partial charge in [-0.25, -0.2) is 8.78 Å². The zero-order valence-electron chi connectivity index (χ0n) is 15.0. The fourth-order valence-electron chi connectivity index (χ4n) is 2.99. The monoisotopic (exact) mass is 374 g/mol. The molecular weight excluding hydrogens is 354 g/mol. The zero-order chi connectivity index (χ0) is 19.4. The third-order valence-electron chi connectivity index (χ3n) is 4.43. The maximum Gasteiger partial charge on any atom is 0.256 e. The lowest BCUT2D eigenvalue weighted by Crippen LogP contribution is -2.50. The van der Waals surface area contributed by atoms with E-state index in [1.165, 1.54) is 4.90 Å². The average Bonchev–Trinajstić information content (AvgIpc) is 2.68. The summed E-state index contributed by atoms with van der Waals surface area (Å²) in [5.74, 6) is -1.53. The van der Waals surface area contributed by atoms with Crippen LogP contribution in [0.1, 0.15) is 27.6 Å². The molecule has 0 saturated carbocycles. The number of hydrogen-bond donors (Lipinski definition) is 0. The van der Waals surface area contributed by atoms with Gasteiger partial charge >= 0.3 is 0 Å². The lowest BCUT2D eigenvalue weighted by molar-refractivity contribution is 0.0532. The topological polar surface area (TPSA) is 49.9 Å². The van der Waals surface area contributed by atoms with Crippen molar-refractivity contribution in [1.82, 2.24) is 9.80 Å². The first-order chi connectivity index (χ1) is 13.0. The fraction of sp³-hybridized carbons (Fsp3) is 0.300. The van der Waals surface area contributed by atoms with Crippen LogP contribution in [0.5, 0.6) is 5.75 Å². The first-order valence-corrected chi connectivity index (χ1v) is 8.76. The molecule has 7 heteroatoms. The van der Waals surface area contributed by atoms with Gasteiger partial charge in [-0.15, -0.1) is 0 Å². The Balaban J connectivity index is 1.61. The summed E-state index contributed by atoms with van der Waals surface area (Å²) >= 11 is 0. The number of benzene rings is 2. The van der Waals surface area contributed by atoms with Gasteiger partial charge in [-0.2, -0.15) is 0 Å². The minimum Gasteiger partial charge on any atom is -0.494 e. The summed E-state index contributed by atoms with van der Waals surface area (Å²) in [5, 5.41) is 0. The predicted octanol–water partition coefficient (Wildman–Crippen LogP) is 2.96. The second-order valence-electron chi connectivity index (χ2n) is 6.17. The summed E-state index contributed by atoms with van der Waals surface area (Å²) in [5.41, 5.74) is 0.380. The number of ether oxygens (including phenoxy) is 1. The van der Waals surface area contributed by atoms with Gasteiger partial charge in [0.15, 0.2) is 0 Å². The highest BCUT2D eigenvalue weighted by molar-refractivity contribution is 5.96. The van der Waals surface area contributed by atoms with Crippen molar-refractivity contribution in [3.05, 3.63) is 65.2 Å². The standard InChI is InChI=1S/C20H20F2N2O3/c1-2-27-16-6-3-14(4-7-16)19(25)23-9-11-24(12-10-23)20(26)17-8-5-15(21)13-18(17)22/h3-8,13H,2,9-12H2,1H3. The number of halogens is 2. The van der Waals surface area contributed by atoms with E-state index in [4.69, 9.17) is 4.74 Å². The number of amides is 2. The summed E-state index contributed by atoms with van der Waals surface area (Å²) in [7, 11) is 0. The van der Waals surface area contributed by atoms with Gasteiger partial charge in [0.05, 0.1) is 12.2 Å². The van der Waals surface area contributed by atoms with Crippen LogP contribution < -0.4 is 4.74 Å². The van der Waals surface area contributed by atoms with Crippen LogP contribution in [0, 0.1) is 11.6 Å². The second kappa shape index (κ2) is 8.16. The molecule has 0 N–H and O–H groups in total. The molecule has 1 aliphatic rings. The Labute approximate surface area is 156 Å². The Bertz CT molecular complexity index is 832. The van der Waals surface area contributed by atoms with Gasteiger partial charge in [0.1, 0.15) is 17.4 Å². The molecule has 3 rings (SSSR count). The van der Waals surface area contributed by atoms with Crippen molar-refractivity contribution >= 4 is 11.8 Å². The molecule has 0 spiro atoms. The molecular formula is C20H20F2N2O3. The van der Waals surface area contributed by atoms with Crippen LogP contribution in [0.4, 0.5) is 8.78 Å². The molecule has 2 amide bonds. The molecule has 0 radical (unpaired) electrons. The Kier molecular flexibility index (Phi) is 5.69. The van der Waals surface area contributed by atoms with Gasteiger partial charge in [0.25, 0.3) is 11.8 Å². The van der Waals surface area contributed by atoms with Crippen molar-refractivity contribution in [2.75, 3.05) is 32.8 Å². The first kappa shape index (κ1) is 18.8. The lowest BCUT2D eigenvalue weighted by atomic mass is 10.1. The fourth-order valence-corrected chi connectivity index (χ4v) is 2.99. The van der Waals surface area contributed by atoms with Crippen LogP contribution in [0.3, 0.4) is 0 Å². The number of carbonyl (C=O) groups is 2. The minimum atomic E-state index is -0.882. The number of hydrogen-bond acceptors (Lipinski definition) is 3. The molecule has 0 atom stereocenters. The molecule has 1 saturated heterocycles. The molecule has 27 heavy (non-hydrogen) atoms. The molecule has 0 aliphatic carbocycles. The summed E-state index contributed by atoms with van der Waals surface area (Å²) in [6.45, 7) is 3.72. The number of nitrogens with zero attached hydrogens (tertiary/aromatic N) is 2. The van der Waals surface area contributed by atoms with Crippen molar-refractivity contribution in [2.24, 2.45) is 0 Å². The van der Waals surface area contributed by atoms with Gasteiger partial charge in [0.2, 0.25) is 0 Å². The van der Waals surface area contributed by atoms with E-state index in [0.717, 1.165) is 12.1 Å². The molecule has 142 valence electrons. The van der Waals surface area contributed by atoms with Crippen molar-refractivity contribution in [3.63, 3.8) is 0 Å². The lowest BCUT2D eigenvalue weighted by Gasteiger charge is -2.35. The van der Waals surface area contributed by atoms with Crippen molar-refractivity contribution in [1.29, 1.82) is 0 Å². The molecule has 1 fully saturated rings. The van der Waals surface area contributed by atoms with Crippen LogP contribution in [0.25, 0.3) is 0 Å². The zero-order valence-corrected chi connectivity index (χ0v) is 15.0. The van der Waals surface area contributed by atoms with Gasteiger partial charge in [-0.3, -0.25) is 9.59 Å². The molecule has 0 unspecified atom stereocenters. The SMILES string of the molecule is CCOc1ccc(C(=O)N2CCN(C(=O)c3ccc(F)cc3F)CC2)cc1. The molecule has 0 bridgehead atoms. The first-order valence-electron chi connectivity index (χ1n) is 8.76. The Morgan fingerprint density at radius 3 is 2.07 bits per heavy atom. The van der Waals surface area contributed by atoms with E-state index in [-0.39, 0.29) is 11.5 Å². The van der Waals surface area contributed by atoms with E-state index in [1.54, 1.807) is 29.2 Å². The third kappa shape index (κ3) is 4.24. The number of rotatable bonds is 4. The van der Waals surface area contributed by atoms with E-state index >= 15 is 0 Å². The van der Waals surface area contributed by atoms with Crippen molar-refractivity contribution in [2.45, 2.75) is 6.92 Å². The summed E-state index contributed by atoms with van der Waals surface area (Å²) < 4.78 is 32.2. The van der Waals surface area contributed by atoms with Crippen molar-refractivity contribution < 1.29 is 23.1 Å². The quantitative estimate of drug-likeness (QED) is 0.827. The average molecular weight is 374 g/mol. The number of carbonyl (C=O) groups excluding carboxylic acids is 2. The van der Waals surface area contributed by atoms with E-state index in [2.05, 4.69) is 0 Å². The van der Waals surface area contributed by atoms with Gasteiger partial charge in [-0.05, 0) is 43.3 Å². The minimum absolute atomic E-state index is 0.127. The summed E-state index contributed by atoms with van der Waals surface area (Å²) in [6.07, 6.45) is 0. The Morgan fingerprint density at radius 1 is 0.926 bits per heavy atom. The van der Waals surface area contributed by atoms with Crippen LogP contribution in [0.2, 0.25) is 0 Å². The highest BCUT2D eigenvalue weighted by atomic mass is 19.1. The maximum atomic E-state index is 13.8. The summed E-state index contributed by atoms with van der Waals surface area (Å²) in [6, 6.07) is 9.80. The Morgan fingerprint density at radius 2 is 1.52 bits per heavy atom. The molecule has 2 aromatic rings. The second-order valence-corrected chi connectivity index (χ2v) is 6.17. The van der Waals surface area contributed by atoms with Gasteiger partial charge in [0, 0.05) is 37.8 Å². The van der Waals surface area contributed by atoms with Gasteiger partial charge in [-0.1, -0.05) is 0 Å². The highest BCUT2D eigenvalue weighted by Gasteiger charge is 2.27. The number of piperazine rings is 1. The van der Waals surface area contributed by atoms with Crippen LogP contribution in [0.15, 0.2) is 42.5 Å². The molecule has 2 aromatic carbocycles.